The van der Waals surface area contributed by atoms with Crippen LogP contribution in [0.3, 0.4) is 0 Å². The third-order valence-electron chi connectivity index (χ3n) is 7.16. The summed E-state index contributed by atoms with van der Waals surface area (Å²) in [4.78, 5) is 2.29. The summed E-state index contributed by atoms with van der Waals surface area (Å²) in [5.74, 6) is 0. The average molecular weight is 433 g/mol. The second-order valence-corrected chi connectivity index (χ2v) is 8.70. The Morgan fingerprint density at radius 2 is 1.15 bits per heavy atom. The third-order valence-corrected chi connectivity index (χ3v) is 7.16. The second-order valence-electron chi connectivity index (χ2n) is 8.70. The van der Waals surface area contributed by atoms with Gasteiger partial charge in [0.1, 0.15) is 0 Å². The van der Waals surface area contributed by atoms with Crippen molar-refractivity contribution >= 4 is 29.6 Å². The van der Waals surface area contributed by atoms with Crippen LogP contribution in [0.4, 0.5) is 17.1 Å². The molecular weight excluding hydrogens is 405 g/mol. The minimum atomic E-state index is -1.47. The maximum Gasteiger partial charge on any atom is 0.488 e. The first-order chi connectivity index (χ1) is 16.1. The number of hydrogen-bond acceptors (Lipinski definition) is 3. The summed E-state index contributed by atoms with van der Waals surface area (Å²) in [6.45, 7) is 4.45. The van der Waals surface area contributed by atoms with E-state index >= 15 is 0 Å². The fourth-order valence-corrected chi connectivity index (χ4v) is 5.41. The molecule has 4 heteroatoms. The molecule has 0 bridgehead atoms. The molecule has 4 aromatic carbocycles. The summed E-state index contributed by atoms with van der Waals surface area (Å²) in [7, 11) is -1.47. The van der Waals surface area contributed by atoms with Crippen molar-refractivity contribution in [3.8, 4) is 11.1 Å². The van der Waals surface area contributed by atoms with Gasteiger partial charge >= 0.3 is 7.12 Å². The Hall–Kier alpha value is -3.34. The van der Waals surface area contributed by atoms with Gasteiger partial charge in [-0.05, 0) is 77.0 Å². The molecule has 0 radical (unpaired) electrons. The van der Waals surface area contributed by atoms with Crippen LogP contribution in [-0.2, 0) is 5.41 Å². The van der Waals surface area contributed by atoms with Gasteiger partial charge in [-0.3, -0.25) is 0 Å². The normalized spacial score (nSPS) is 13.3. The number of benzene rings is 4. The van der Waals surface area contributed by atoms with Crippen molar-refractivity contribution in [2.45, 2.75) is 32.1 Å². The lowest BCUT2D eigenvalue weighted by Gasteiger charge is -2.32. The van der Waals surface area contributed by atoms with E-state index in [2.05, 4.69) is 85.5 Å². The molecule has 33 heavy (non-hydrogen) atoms. The Morgan fingerprint density at radius 1 is 0.636 bits per heavy atom. The summed E-state index contributed by atoms with van der Waals surface area (Å²) in [5, 5.41) is 19.6. The van der Waals surface area contributed by atoms with E-state index in [1.165, 1.54) is 22.3 Å². The highest BCUT2D eigenvalue weighted by atomic mass is 16.4. The zero-order valence-electron chi connectivity index (χ0n) is 19.1. The van der Waals surface area contributed by atoms with Crippen molar-refractivity contribution in [3.05, 3.63) is 108 Å². The zero-order valence-corrected chi connectivity index (χ0v) is 19.1. The van der Waals surface area contributed by atoms with Crippen LogP contribution in [0, 0.1) is 0 Å². The molecule has 0 amide bonds. The molecule has 0 fully saturated rings. The van der Waals surface area contributed by atoms with Crippen LogP contribution in [0.25, 0.3) is 11.1 Å². The Balaban J connectivity index is 1.71. The Bertz CT molecular complexity index is 1230. The lowest BCUT2D eigenvalue weighted by molar-refractivity contribution is 0.425. The van der Waals surface area contributed by atoms with Gasteiger partial charge in [0.15, 0.2) is 0 Å². The highest BCUT2D eigenvalue weighted by molar-refractivity contribution is 6.58. The molecule has 0 unspecified atom stereocenters. The minimum absolute atomic E-state index is 0.162. The molecule has 5 rings (SSSR count). The fourth-order valence-electron chi connectivity index (χ4n) is 5.41. The minimum Gasteiger partial charge on any atom is -0.423 e. The van der Waals surface area contributed by atoms with Gasteiger partial charge in [0.25, 0.3) is 0 Å². The van der Waals surface area contributed by atoms with Gasteiger partial charge in [0.2, 0.25) is 0 Å². The first kappa shape index (κ1) is 21.5. The van der Waals surface area contributed by atoms with Crippen molar-refractivity contribution in [3.63, 3.8) is 0 Å². The predicted octanol–water partition coefficient (Wildman–Crippen LogP) is 5.92. The van der Waals surface area contributed by atoms with Crippen LogP contribution in [0.15, 0.2) is 97.1 Å². The van der Waals surface area contributed by atoms with Crippen molar-refractivity contribution in [2.24, 2.45) is 0 Å². The smallest absolute Gasteiger partial charge is 0.423 e. The second kappa shape index (κ2) is 8.55. The lowest BCUT2D eigenvalue weighted by atomic mass is 9.71. The molecule has 4 aromatic rings. The van der Waals surface area contributed by atoms with E-state index in [-0.39, 0.29) is 5.41 Å². The van der Waals surface area contributed by atoms with Gasteiger partial charge in [0, 0.05) is 22.5 Å². The summed E-state index contributed by atoms with van der Waals surface area (Å²) in [6.07, 6.45) is 1.88. The molecule has 0 atom stereocenters. The number of hydrogen-bond donors (Lipinski definition) is 2. The van der Waals surface area contributed by atoms with E-state index in [0.717, 1.165) is 29.9 Å². The molecule has 0 heterocycles. The molecular formula is C29H28BNO2. The van der Waals surface area contributed by atoms with Crippen molar-refractivity contribution in [2.75, 3.05) is 4.90 Å². The van der Waals surface area contributed by atoms with Crippen LogP contribution in [-0.4, -0.2) is 17.2 Å². The lowest BCUT2D eigenvalue weighted by Crippen LogP contribution is -2.32. The Labute approximate surface area is 196 Å². The number of rotatable bonds is 6. The molecule has 2 N–H and O–H groups in total. The topological polar surface area (TPSA) is 43.7 Å². The van der Waals surface area contributed by atoms with E-state index in [1.807, 2.05) is 30.3 Å². The quantitative estimate of drug-likeness (QED) is 0.371. The molecule has 0 aromatic heterocycles. The average Bonchev–Trinajstić information content (AvgIpc) is 3.14. The largest absolute Gasteiger partial charge is 0.488 e. The Kier molecular flexibility index (Phi) is 5.57. The van der Waals surface area contributed by atoms with Gasteiger partial charge in [-0.15, -0.1) is 0 Å². The highest BCUT2D eigenvalue weighted by Crippen LogP contribution is 2.53. The van der Waals surface area contributed by atoms with E-state index in [0.29, 0.717) is 5.46 Å². The monoisotopic (exact) mass is 433 g/mol. The summed E-state index contributed by atoms with van der Waals surface area (Å²) in [6, 6.07) is 33.5. The summed E-state index contributed by atoms with van der Waals surface area (Å²) in [5.41, 5.74) is 8.65. The predicted molar refractivity (Wildman–Crippen MR) is 138 cm³/mol. The maximum atomic E-state index is 9.81. The van der Waals surface area contributed by atoms with Crippen LogP contribution in [0.1, 0.15) is 37.8 Å². The van der Waals surface area contributed by atoms with Crippen LogP contribution >= 0.6 is 0 Å². The van der Waals surface area contributed by atoms with E-state index in [1.54, 1.807) is 0 Å². The van der Waals surface area contributed by atoms with E-state index < -0.39 is 7.12 Å². The van der Waals surface area contributed by atoms with E-state index in [9.17, 15) is 10.0 Å². The molecule has 1 aliphatic rings. The Morgan fingerprint density at radius 3 is 1.67 bits per heavy atom. The molecule has 0 spiro atoms. The highest BCUT2D eigenvalue weighted by Gasteiger charge is 2.41. The molecule has 164 valence electrons. The van der Waals surface area contributed by atoms with Crippen molar-refractivity contribution in [1.29, 1.82) is 0 Å². The molecule has 0 aliphatic heterocycles. The fraction of sp³-hybridized carbons (Fsp3) is 0.172. The molecule has 1 aliphatic carbocycles. The van der Waals surface area contributed by atoms with Crippen LogP contribution < -0.4 is 10.4 Å². The van der Waals surface area contributed by atoms with Gasteiger partial charge in [-0.2, -0.15) is 0 Å². The molecule has 0 saturated heterocycles. The molecule has 0 saturated carbocycles. The molecule has 3 nitrogen and oxygen atoms in total. The summed E-state index contributed by atoms with van der Waals surface area (Å²) < 4.78 is 0. The first-order valence-corrected chi connectivity index (χ1v) is 11.6. The van der Waals surface area contributed by atoms with Crippen molar-refractivity contribution < 1.29 is 10.0 Å². The van der Waals surface area contributed by atoms with Crippen LogP contribution in [0.2, 0.25) is 0 Å². The van der Waals surface area contributed by atoms with Gasteiger partial charge in [0.05, 0.1) is 0 Å². The number of nitrogens with zero attached hydrogens (tertiary/aromatic N) is 1. The number of fused-ring (bicyclic) bond motifs is 3. The number of anilines is 3. The summed E-state index contributed by atoms with van der Waals surface area (Å²) >= 11 is 0. The standard InChI is InChI=1S/C29H28BNO2/c1-3-29(4-2)27-19-21(30(32)33)15-17-25(27)26-18-16-24(20-28(26)29)31(22-11-7-5-8-12-22)23-13-9-6-10-14-23/h5-20,32-33H,3-4H2,1-2H3. The maximum absolute atomic E-state index is 9.81. The SMILES string of the molecule is CCC1(CC)c2cc(B(O)O)ccc2-c2ccc(N(c3ccccc3)c3ccccc3)cc21. The van der Waals surface area contributed by atoms with Crippen molar-refractivity contribution in [1.82, 2.24) is 0 Å². The van der Waals surface area contributed by atoms with E-state index in [4.69, 9.17) is 0 Å². The van der Waals surface area contributed by atoms with Gasteiger partial charge in [-0.1, -0.05) is 74.5 Å². The van der Waals surface area contributed by atoms with Gasteiger partial charge < -0.3 is 14.9 Å². The third kappa shape index (κ3) is 3.47. The first-order valence-electron chi connectivity index (χ1n) is 11.6. The number of para-hydroxylation sites is 2. The van der Waals surface area contributed by atoms with Crippen LogP contribution in [0.5, 0.6) is 0 Å². The zero-order chi connectivity index (χ0) is 23.0. The van der Waals surface area contributed by atoms with Gasteiger partial charge in [-0.25, -0.2) is 0 Å².